The van der Waals surface area contributed by atoms with E-state index in [1.807, 2.05) is 71.8 Å². The number of rotatable bonds is 4. The molecular formula is C31H22N2O4. The van der Waals surface area contributed by atoms with E-state index < -0.39 is 23.4 Å². The SMILES string of the molecule is O=C(c1ccco1)[C@@H]1[C@H](C(=O)c2ccccc2)[C@@]2(C(=O)Nc3ccccc32)[C@H]2c3ccccc3C=CN12. The molecule has 1 N–H and O–H groups in total. The number of carbonyl (C=O) groups excluding carboxylic acids is 3. The molecule has 4 aromatic rings. The molecule has 6 heteroatoms. The van der Waals surface area contributed by atoms with Crippen molar-refractivity contribution in [3.05, 3.63) is 131 Å². The Morgan fingerprint density at radius 1 is 0.838 bits per heavy atom. The van der Waals surface area contributed by atoms with Crippen LogP contribution in [0.15, 0.2) is 108 Å². The fraction of sp³-hybridized carbons (Fsp3) is 0.129. The molecule has 0 radical (unpaired) electrons. The Kier molecular flexibility index (Phi) is 4.60. The van der Waals surface area contributed by atoms with Gasteiger partial charge in [-0.2, -0.15) is 0 Å². The normalized spacial score (nSPS) is 24.9. The molecular weight excluding hydrogens is 464 g/mol. The van der Waals surface area contributed by atoms with Crippen LogP contribution < -0.4 is 5.32 Å². The minimum atomic E-state index is -1.34. The van der Waals surface area contributed by atoms with E-state index in [1.165, 1.54) is 6.26 Å². The first-order valence-electron chi connectivity index (χ1n) is 12.2. The number of anilines is 1. The summed E-state index contributed by atoms with van der Waals surface area (Å²) in [6.07, 6.45) is 5.24. The summed E-state index contributed by atoms with van der Waals surface area (Å²) in [5.74, 6) is -1.71. The number of para-hydroxylation sites is 1. The number of amides is 1. The number of fused-ring (bicyclic) bond motifs is 6. The van der Waals surface area contributed by atoms with Crippen molar-refractivity contribution in [3.8, 4) is 0 Å². The molecule has 3 aromatic carbocycles. The minimum Gasteiger partial charge on any atom is -0.461 e. The van der Waals surface area contributed by atoms with Gasteiger partial charge in [0.2, 0.25) is 11.7 Å². The molecule has 1 spiro atoms. The molecule has 3 aliphatic heterocycles. The number of hydrogen-bond donors (Lipinski definition) is 1. The van der Waals surface area contributed by atoms with Crippen molar-refractivity contribution in [1.82, 2.24) is 4.90 Å². The van der Waals surface area contributed by atoms with Crippen LogP contribution in [0.1, 0.15) is 43.6 Å². The number of carbonyl (C=O) groups is 3. The Balaban J connectivity index is 1.56. The van der Waals surface area contributed by atoms with E-state index in [0.717, 1.165) is 16.7 Å². The number of nitrogens with zero attached hydrogens (tertiary/aromatic N) is 1. The van der Waals surface area contributed by atoms with Crippen LogP contribution in [0, 0.1) is 5.92 Å². The lowest BCUT2D eigenvalue weighted by molar-refractivity contribution is -0.122. The minimum absolute atomic E-state index is 0.158. The summed E-state index contributed by atoms with van der Waals surface area (Å²) in [5.41, 5.74) is 2.37. The van der Waals surface area contributed by atoms with E-state index in [1.54, 1.807) is 36.4 Å². The van der Waals surface area contributed by atoms with Crippen LogP contribution in [0.25, 0.3) is 6.08 Å². The molecule has 37 heavy (non-hydrogen) atoms. The maximum Gasteiger partial charge on any atom is 0.238 e. The third-order valence-corrected chi connectivity index (χ3v) is 7.94. The highest BCUT2D eigenvalue weighted by Gasteiger charge is 2.70. The molecule has 0 unspecified atom stereocenters. The third-order valence-electron chi connectivity index (χ3n) is 7.94. The molecule has 3 aliphatic rings. The van der Waals surface area contributed by atoms with Crippen molar-refractivity contribution in [2.45, 2.75) is 17.5 Å². The van der Waals surface area contributed by atoms with E-state index in [9.17, 15) is 14.4 Å². The highest BCUT2D eigenvalue weighted by Crippen LogP contribution is 2.62. The van der Waals surface area contributed by atoms with Gasteiger partial charge in [0.1, 0.15) is 11.5 Å². The number of benzene rings is 3. The van der Waals surface area contributed by atoms with Crippen LogP contribution in [-0.4, -0.2) is 28.4 Å². The lowest BCUT2D eigenvalue weighted by Crippen LogP contribution is -2.49. The van der Waals surface area contributed by atoms with E-state index in [4.69, 9.17) is 4.42 Å². The smallest absolute Gasteiger partial charge is 0.238 e. The van der Waals surface area contributed by atoms with Crippen molar-refractivity contribution in [2.24, 2.45) is 5.92 Å². The maximum atomic E-state index is 14.5. The monoisotopic (exact) mass is 486 g/mol. The van der Waals surface area contributed by atoms with Gasteiger partial charge >= 0.3 is 0 Å². The fourth-order valence-corrected chi connectivity index (χ4v) is 6.51. The summed E-state index contributed by atoms with van der Waals surface area (Å²) in [6.45, 7) is 0. The lowest BCUT2D eigenvalue weighted by atomic mass is 9.62. The molecule has 1 aromatic heterocycles. The standard InChI is InChI=1S/C31H22N2O4/c34-27(20-10-2-1-3-11-20)25-26(28(35)24-15-8-18-37-24)33-17-16-19-9-4-5-12-21(19)29(33)31(25)22-13-6-7-14-23(22)32-30(31)36/h1-18,25-26,29H,(H,32,36)/t25-,26+,29-,31-/m1/s1. The topological polar surface area (TPSA) is 79.6 Å². The molecule has 0 aliphatic carbocycles. The number of nitrogens with one attached hydrogen (secondary N) is 1. The zero-order chi connectivity index (χ0) is 25.1. The van der Waals surface area contributed by atoms with Crippen LogP contribution in [0.5, 0.6) is 0 Å². The first kappa shape index (κ1) is 21.6. The largest absolute Gasteiger partial charge is 0.461 e. The van der Waals surface area contributed by atoms with Crippen LogP contribution >= 0.6 is 0 Å². The maximum absolute atomic E-state index is 14.5. The van der Waals surface area contributed by atoms with Crippen molar-refractivity contribution >= 4 is 29.2 Å². The van der Waals surface area contributed by atoms with Gasteiger partial charge in [0, 0.05) is 17.5 Å². The summed E-state index contributed by atoms with van der Waals surface area (Å²) in [5, 5.41) is 3.05. The second kappa shape index (κ2) is 7.90. The third kappa shape index (κ3) is 2.84. The molecule has 0 bridgehead atoms. The Bertz CT molecular complexity index is 1590. The number of furan rings is 1. The quantitative estimate of drug-likeness (QED) is 0.398. The Labute approximate surface area is 213 Å². The molecule has 6 nitrogen and oxygen atoms in total. The van der Waals surface area contributed by atoms with Crippen molar-refractivity contribution in [3.63, 3.8) is 0 Å². The van der Waals surface area contributed by atoms with Gasteiger partial charge in [0.15, 0.2) is 11.5 Å². The summed E-state index contributed by atoms with van der Waals surface area (Å²) >= 11 is 0. The van der Waals surface area contributed by atoms with Crippen LogP contribution in [0.3, 0.4) is 0 Å². The van der Waals surface area contributed by atoms with Gasteiger partial charge in [-0.05, 0) is 41.0 Å². The molecule has 180 valence electrons. The zero-order valence-corrected chi connectivity index (χ0v) is 19.7. The predicted octanol–water partition coefficient (Wildman–Crippen LogP) is 5.26. The van der Waals surface area contributed by atoms with E-state index >= 15 is 0 Å². The Morgan fingerprint density at radius 2 is 1.59 bits per heavy atom. The van der Waals surface area contributed by atoms with Gasteiger partial charge in [0.05, 0.1) is 18.2 Å². The summed E-state index contributed by atoms with van der Waals surface area (Å²) in [6, 6.07) is 26.0. The molecule has 4 heterocycles. The van der Waals surface area contributed by atoms with Gasteiger partial charge in [-0.1, -0.05) is 72.8 Å². The van der Waals surface area contributed by atoms with Crippen LogP contribution in [-0.2, 0) is 10.2 Å². The number of ketones is 2. The van der Waals surface area contributed by atoms with E-state index in [2.05, 4.69) is 5.32 Å². The second-order valence-corrected chi connectivity index (χ2v) is 9.66. The van der Waals surface area contributed by atoms with Crippen LogP contribution in [0.2, 0.25) is 0 Å². The number of hydrogen-bond acceptors (Lipinski definition) is 5. The highest BCUT2D eigenvalue weighted by atomic mass is 16.3. The average Bonchev–Trinajstić information content (AvgIpc) is 3.65. The summed E-state index contributed by atoms with van der Waals surface area (Å²) < 4.78 is 5.53. The van der Waals surface area contributed by atoms with Crippen LogP contribution in [0.4, 0.5) is 5.69 Å². The first-order valence-corrected chi connectivity index (χ1v) is 12.2. The van der Waals surface area contributed by atoms with Crippen molar-refractivity contribution < 1.29 is 18.8 Å². The molecule has 7 rings (SSSR count). The Hall–Kier alpha value is -4.71. The molecule has 1 saturated heterocycles. The highest BCUT2D eigenvalue weighted by molar-refractivity contribution is 6.16. The average molecular weight is 487 g/mol. The Morgan fingerprint density at radius 3 is 2.41 bits per heavy atom. The fourth-order valence-electron chi connectivity index (χ4n) is 6.51. The van der Waals surface area contributed by atoms with Gasteiger partial charge in [-0.3, -0.25) is 14.4 Å². The summed E-state index contributed by atoms with van der Waals surface area (Å²) in [7, 11) is 0. The number of Topliss-reactive ketones (excluding diaryl/α,β-unsaturated/α-hetero) is 2. The first-order chi connectivity index (χ1) is 18.1. The van der Waals surface area contributed by atoms with Gasteiger partial charge in [0.25, 0.3) is 0 Å². The van der Waals surface area contributed by atoms with Gasteiger partial charge in [-0.15, -0.1) is 0 Å². The zero-order valence-electron chi connectivity index (χ0n) is 19.7. The van der Waals surface area contributed by atoms with Crippen molar-refractivity contribution in [2.75, 3.05) is 5.32 Å². The van der Waals surface area contributed by atoms with Gasteiger partial charge < -0.3 is 14.6 Å². The summed E-state index contributed by atoms with van der Waals surface area (Å²) in [4.78, 5) is 44.8. The molecule has 0 saturated carbocycles. The van der Waals surface area contributed by atoms with E-state index in [-0.39, 0.29) is 23.2 Å². The predicted molar refractivity (Wildman–Crippen MR) is 138 cm³/mol. The molecule has 1 fully saturated rings. The molecule has 4 atom stereocenters. The van der Waals surface area contributed by atoms with E-state index in [0.29, 0.717) is 11.3 Å². The van der Waals surface area contributed by atoms with Gasteiger partial charge in [-0.25, -0.2) is 0 Å². The lowest BCUT2D eigenvalue weighted by Gasteiger charge is -2.38. The molecule has 1 amide bonds. The second-order valence-electron chi connectivity index (χ2n) is 9.66. The van der Waals surface area contributed by atoms with Crippen molar-refractivity contribution in [1.29, 1.82) is 0 Å².